The number of benzene rings is 1. The maximum Gasteiger partial charge on any atom is 0.170 e. The molecule has 166 valence electrons. The van der Waals surface area contributed by atoms with Crippen LogP contribution >= 0.6 is 12.2 Å². The molecule has 0 aliphatic carbocycles. The van der Waals surface area contributed by atoms with Crippen LogP contribution < -0.4 is 10.1 Å². The molecule has 0 unspecified atom stereocenters. The Balaban J connectivity index is 1.49. The van der Waals surface area contributed by atoms with Gasteiger partial charge in [-0.2, -0.15) is 0 Å². The van der Waals surface area contributed by atoms with Gasteiger partial charge in [0.25, 0.3) is 0 Å². The molecule has 2 atom stereocenters. The van der Waals surface area contributed by atoms with Crippen LogP contribution in [-0.4, -0.2) is 26.6 Å². The minimum absolute atomic E-state index is 0.137. The van der Waals surface area contributed by atoms with Crippen molar-refractivity contribution < 1.29 is 9.15 Å². The Bertz CT molecular complexity index is 1210. The second-order valence-corrected chi connectivity index (χ2v) is 8.12. The van der Waals surface area contributed by atoms with E-state index in [1.807, 2.05) is 79.7 Å². The van der Waals surface area contributed by atoms with Crippen LogP contribution in [0.2, 0.25) is 0 Å². The molecule has 0 radical (unpaired) electrons. The molecule has 5 rings (SSSR count). The second kappa shape index (κ2) is 9.42. The van der Waals surface area contributed by atoms with Gasteiger partial charge in [-0.1, -0.05) is 12.1 Å². The molecule has 0 amide bonds. The van der Waals surface area contributed by atoms with E-state index in [0.717, 1.165) is 34.2 Å². The lowest BCUT2D eigenvalue weighted by Crippen LogP contribution is -2.29. The van der Waals surface area contributed by atoms with E-state index in [-0.39, 0.29) is 12.1 Å². The molecule has 1 aliphatic rings. The lowest BCUT2D eigenvalue weighted by molar-refractivity contribution is 0.267. The van der Waals surface area contributed by atoms with Crippen LogP contribution in [0.15, 0.2) is 89.6 Å². The standard InChI is InChI=1S/C26H24N4O2S/c1-2-31-20-11-9-18(10-12-20)22-13-14-23(32-22)25-24(21-8-4-6-16-28-21)29-26(33)30(25)17-19-7-3-5-15-27-19/h3-16,24-25H,2,17H2,1H3,(H,29,33)/t24-,25+/m0/s1. The zero-order valence-electron chi connectivity index (χ0n) is 18.2. The molecule has 1 aliphatic heterocycles. The van der Waals surface area contributed by atoms with Crippen LogP contribution in [0.3, 0.4) is 0 Å². The van der Waals surface area contributed by atoms with E-state index in [2.05, 4.69) is 20.2 Å². The Morgan fingerprint density at radius 2 is 1.76 bits per heavy atom. The summed E-state index contributed by atoms with van der Waals surface area (Å²) in [5, 5.41) is 4.10. The predicted molar refractivity (Wildman–Crippen MR) is 131 cm³/mol. The summed E-state index contributed by atoms with van der Waals surface area (Å²) < 4.78 is 11.9. The van der Waals surface area contributed by atoms with Crippen molar-refractivity contribution in [2.24, 2.45) is 0 Å². The maximum atomic E-state index is 6.39. The number of ether oxygens (including phenoxy) is 1. The van der Waals surface area contributed by atoms with Crippen molar-refractivity contribution in [3.05, 3.63) is 102 Å². The highest BCUT2D eigenvalue weighted by Crippen LogP contribution is 2.41. The summed E-state index contributed by atoms with van der Waals surface area (Å²) in [6.07, 6.45) is 3.59. The third-order valence-corrected chi connectivity index (χ3v) is 5.98. The summed E-state index contributed by atoms with van der Waals surface area (Å²) in [7, 11) is 0. The largest absolute Gasteiger partial charge is 0.494 e. The van der Waals surface area contributed by atoms with E-state index in [9.17, 15) is 0 Å². The summed E-state index contributed by atoms with van der Waals surface area (Å²) in [6, 6.07) is 23.4. The summed E-state index contributed by atoms with van der Waals surface area (Å²) in [6.45, 7) is 3.18. The van der Waals surface area contributed by atoms with Crippen LogP contribution in [0.25, 0.3) is 11.3 Å². The van der Waals surface area contributed by atoms with Gasteiger partial charge in [-0.15, -0.1) is 0 Å². The summed E-state index contributed by atoms with van der Waals surface area (Å²) in [5.41, 5.74) is 2.84. The second-order valence-electron chi connectivity index (χ2n) is 7.73. The molecular formula is C26H24N4O2S. The number of hydrogen-bond acceptors (Lipinski definition) is 5. The number of aromatic nitrogens is 2. The van der Waals surface area contributed by atoms with Crippen LogP contribution in [0.1, 0.15) is 36.2 Å². The van der Waals surface area contributed by atoms with Crippen molar-refractivity contribution in [3.63, 3.8) is 0 Å². The number of thiocarbonyl (C=S) groups is 1. The first kappa shape index (κ1) is 21.2. The van der Waals surface area contributed by atoms with Gasteiger partial charge in [-0.05, 0) is 79.8 Å². The Labute approximate surface area is 198 Å². The molecule has 0 bridgehead atoms. The minimum atomic E-state index is -0.161. The summed E-state index contributed by atoms with van der Waals surface area (Å²) >= 11 is 5.74. The molecule has 1 aromatic carbocycles. The van der Waals surface area contributed by atoms with E-state index < -0.39 is 0 Å². The highest BCUT2D eigenvalue weighted by Gasteiger charge is 2.41. The van der Waals surface area contributed by atoms with Crippen molar-refractivity contribution in [3.8, 4) is 17.1 Å². The van der Waals surface area contributed by atoms with Crippen LogP contribution in [0.4, 0.5) is 0 Å². The average molecular weight is 457 g/mol. The first-order valence-electron chi connectivity index (χ1n) is 10.9. The van der Waals surface area contributed by atoms with Gasteiger partial charge in [0.05, 0.1) is 30.6 Å². The van der Waals surface area contributed by atoms with Crippen LogP contribution in [0, 0.1) is 0 Å². The number of nitrogens with zero attached hydrogens (tertiary/aromatic N) is 3. The third kappa shape index (κ3) is 4.45. The fraction of sp³-hybridized carbons (Fsp3) is 0.192. The van der Waals surface area contributed by atoms with Crippen molar-refractivity contribution in [2.45, 2.75) is 25.6 Å². The molecule has 1 fully saturated rings. The Kier molecular flexibility index (Phi) is 6.04. The summed E-state index contributed by atoms with van der Waals surface area (Å²) in [4.78, 5) is 11.2. The topological polar surface area (TPSA) is 63.4 Å². The first-order chi connectivity index (χ1) is 16.2. The van der Waals surface area contributed by atoms with E-state index >= 15 is 0 Å². The Morgan fingerprint density at radius 3 is 2.45 bits per heavy atom. The zero-order chi connectivity index (χ0) is 22.6. The normalized spacial score (nSPS) is 17.7. The van der Waals surface area contributed by atoms with Crippen LogP contribution in [-0.2, 0) is 6.54 Å². The van der Waals surface area contributed by atoms with Gasteiger partial charge < -0.3 is 19.4 Å². The van der Waals surface area contributed by atoms with Gasteiger partial charge in [0, 0.05) is 18.0 Å². The fourth-order valence-corrected chi connectivity index (χ4v) is 4.41. The Morgan fingerprint density at radius 1 is 0.970 bits per heavy atom. The molecular weight excluding hydrogens is 432 g/mol. The smallest absolute Gasteiger partial charge is 0.170 e. The molecule has 7 heteroatoms. The molecule has 33 heavy (non-hydrogen) atoms. The molecule has 3 aromatic heterocycles. The lowest BCUT2D eigenvalue weighted by atomic mass is 10.0. The lowest BCUT2D eigenvalue weighted by Gasteiger charge is -2.25. The maximum absolute atomic E-state index is 6.39. The number of pyridine rings is 2. The van der Waals surface area contributed by atoms with E-state index in [4.69, 9.17) is 21.4 Å². The quantitative estimate of drug-likeness (QED) is 0.378. The van der Waals surface area contributed by atoms with Crippen molar-refractivity contribution >= 4 is 17.3 Å². The molecule has 4 heterocycles. The van der Waals surface area contributed by atoms with Crippen molar-refractivity contribution in [2.75, 3.05) is 6.61 Å². The molecule has 1 N–H and O–H groups in total. The highest BCUT2D eigenvalue weighted by atomic mass is 32.1. The van der Waals surface area contributed by atoms with Crippen molar-refractivity contribution in [1.29, 1.82) is 0 Å². The SMILES string of the molecule is CCOc1ccc(-c2ccc([C@@H]3[C@H](c4ccccn4)NC(=S)N3Cc3ccccn3)o2)cc1. The molecule has 0 saturated carbocycles. The van der Waals surface area contributed by atoms with Crippen molar-refractivity contribution in [1.82, 2.24) is 20.2 Å². The van der Waals surface area contributed by atoms with Gasteiger partial charge >= 0.3 is 0 Å². The van der Waals surface area contributed by atoms with E-state index in [1.54, 1.807) is 12.4 Å². The number of furan rings is 1. The summed E-state index contributed by atoms with van der Waals surface area (Å²) in [5.74, 6) is 2.45. The monoisotopic (exact) mass is 456 g/mol. The number of hydrogen-bond donors (Lipinski definition) is 1. The van der Waals surface area contributed by atoms with Gasteiger partial charge in [-0.3, -0.25) is 9.97 Å². The Hall–Kier alpha value is -3.71. The highest BCUT2D eigenvalue weighted by molar-refractivity contribution is 7.80. The number of rotatable bonds is 7. The molecule has 0 spiro atoms. The first-order valence-corrected chi connectivity index (χ1v) is 11.3. The minimum Gasteiger partial charge on any atom is -0.494 e. The van der Waals surface area contributed by atoms with Gasteiger partial charge in [0.1, 0.15) is 23.3 Å². The van der Waals surface area contributed by atoms with Gasteiger partial charge in [0.15, 0.2) is 5.11 Å². The van der Waals surface area contributed by atoms with Gasteiger partial charge in [-0.25, -0.2) is 0 Å². The zero-order valence-corrected chi connectivity index (χ0v) is 19.0. The fourth-order valence-electron chi connectivity index (χ4n) is 4.10. The van der Waals surface area contributed by atoms with Gasteiger partial charge in [0.2, 0.25) is 0 Å². The predicted octanol–water partition coefficient (Wildman–Crippen LogP) is 5.31. The van der Waals surface area contributed by atoms with Crippen LogP contribution in [0.5, 0.6) is 5.75 Å². The molecule has 4 aromatic rings. The molecule has 1 saturated heterocycles. The third-order valence-electron chi connectivity index (χ3n) is 5.62. The van der Waals surface area contributed by atoms with E-state index in [0.29, 0.717) is 18.3 Å². The van der Waals surface area contributed by atoms with E-state index in [1.165, 1.54) is 0 Å². The number of nitrogens with one attached hydrogen (secondary N) is 1. The molecule has 6 nitrogen and oxygen atoms in total. The average Bonchev–Trinajstić information content (AvgIpc) is 3.46.